The van der Waals surface area contributed by atoms with Gasteiger partial charge in [-0.25, -0.2) is 0 Å². The predicted octanol–water partition coefficient (Wildman–Crippen LogP) is -0.293. The lowest BCUT2D eigenvalue weighted by Gasteiger charge is -2.32. The van der Waals surface area contributed by atoms with E-state index in [0.717, 1.165) is 61.2 Å². The molecule has 28 heavy (non-hydrogen) atoms. The number of piperazine rings is 1. The summed E-state index contributed by atoms with van der Waals surface area (Å²) in [4.78, 5) is 18.9. The summed E-state index contributed by atoms with van der Waals surface area (Å²) in [6, 6.07) is 10.2. The molecule has 152 valence electrons. The molecule has 0 radical (unpaired) electrons. The minimum atomic E-state index is 0.231. The molecular weight excluding hydrogens is 374 g/mol. The fourth-order valence-electron chi connectivity index (χ4n) is 3.76. The molecule has 0 saturated carbocycles. The Balaban J connectivity index is 1.48. The molecule has 6 nitrogen and oxygen atoms in total. The van der Waals surface area contributed by atoms with Gasteiger partial charge in [-0.3, -0.25) is 4.79 Å². The maximum atomic E-state index is 12.7. The number of benzene rings is 1. The number of ether oxygens (including phenoxy) is 2. The third kappa shape index (κ3) is 5.25. The van der Waals surface area contributed by atoms with Crippen molar-refractivity contribution in [2.45, 2.75) is 13.1 Å². The zero-order valence-corrected chi connectivity index (χ0v) is 17.8. The lowest BCUT2D eigenvalue weighted by atomic mass is 10.1. The van der Waals surface area contributed by atoms with E-state index in [1.165, 1.54) is 4.88 Å². The van der Waals surface area contributed by atoms with Crippen LogP contribution >= 0.6 is 11.3 Å². The van der Waals surface area contributed by atoms with Gasteiger partial charge in [0.1, 0.15) is 13.1 Å². The average molecular weight is 406 g/mol. The number of thiophene rings is 1. The Bertz CT molecular complexity index is 758. The van der Waals surface area contributed by atoms with E-state index in [1.807, 2.05) is 34.4 Å². The van der Waals surface area contributed by atoms with E-state index >= 15 is 0 Å². The Kier molecular flexibility index (Phi) is 7.30. The van der Waals surface area contributed by atoms with Crippen molar-refractivity contribution in [3.8, 4) is 11.5 Å². The molecule has 2 N–H and O–H groups in total. The van der Waals surface area contributed by atoms with Crippen LogP contribution in [0.4, 0.5) is 0 Å². The zero-order valence-electron chi connectivity index (χ0n) is 17.0. The lowest BCUT2D eigenvalue weighted by Crippen LogP contribution is -3.14. The predicted molar refractivity (Wildman–Crippen MR) is 110 cm³/mol. The molecule has 2 aromatic rings. The molecular formula is C21H31N3O3S+2. The van der Waals surface area contributed by atoms with Crippen LogP contribution in [-0.2, 0) is 17.9 Å². The second kappa shape index (κ2) is 9.91. The molecule has 7 heteroatoms. The number of nitrogens with one attached hydrogen (secondary N) is 2. The third-order valence-corrected chi connectivity index (χ3v) is 6.13. The highest BCUT2D eigenvalue weighted by Gasteiger charge is 2.26. The van der Waals surface area contributed by atoms with Gasteiger partial charge in [-0.1, -0.05) is 12.1 Å². The standard InChI is InChI=1S/C21H29N3O3S/c1-22(14-17-6-4-8-19(26-2)21(17)27-3)16-20(25)24-11-9-23(10-12-24)15-18-7-5-13-28-18/h4-8,13H,9-12,14-16H2,1-3H3/p+2. The topological polar surface area (TPSA) is 47.7 Å². The van der Waals surface area contributed by atoms with Crippen molar-refractivity contribution in [3.05, 3.63) is 46.2 Å². The highest BCUT2D eigenvalue weighted by Crippen LogP contribution is 2.29. The molecule has 0 aliphatic carbocycles. The van der Waals surface area contributed by atoms with Crippen molar-refractivity contribution in [3.63, 3.8) is 0 Å². The second-order valence-corrected chi connectivity index (χ2v) is 8.38. The minimum absolute atomic E-state index is 0.231. The van der Waals surface area contributed by atoms with Crippen molar-refractivity contribution in [2.24, 2.45) is 0 Å². The van der Waals surface area contributed by atoms with Gasteiger partial charge >= 0.3 is 0 Å². The summed E-state index contributed by atoms with van der Waals surface area (Å²) in [5.74, 6) is 1.71. The minimum Gasteiger partial charge on any atom is -0.493 e. The number of methoxy groups -OCH3 is 2. The Morgan fingerprint density at radius 2 is 1.96 bits per heavy atom. The number of para-hydroxylation sites is 1. The molecule has 0 spiro atoms. The van der Waals surface area contributed by atoms with Gasteiger partial charge in [-0.05, 0) is 23.6 Å². The summed E-state index contributed by atoms with van der Waals surface area (Å²) in [6.07, 6.45) is 0. The SMILES string of the molecule is COc1cccc(C[NH+](C)CC(=O)N2CC[NH+](Cc3cccs3)CC2)c1OC. The average Bonchev–Trinajstić information content (AvgIpc) is 3.21. The number of likely N-dealkylation sites (N-methyl/N-ethyl adjacent to an activating group) is 1. The summed E-state index contributed by atoms with van der Waals surface area (Å²) in [7, 11) is 5.34. The van der Waals surface area contributed by atoms with Gasteiger partial charge in [0.05, 0.1) is 57.9 Å². The number of hydrogen-bond acceptors (Lipinski definition) is 4. The molecule has 3 rings (SSSR count). The first-order valence-electron chi connectivity index (χ1n) is 9.75. The van der Waals surface area contributed by atoms with E-state index in [9.17, 15) is 4.79 Å². The van der Waals surface area contributed by atoms with E-state index in [2.05, 4.69) is 24.6 Å². The van der Waals surface area contributed by atoms with Crippen molar-refractivity contribution < 1.29 is 24.1 Å². The monoisotopic (exact) mass is 405 g/mol. The maximum Gasteiger partial charge on any atom is 0.278 e. The van der Waals surface area contributed by atoms with Crippen LogP contribution in [-0.4, -0.2) is 64.8 Å². The van der Waals surface area contributed by atoms with Gasteiger partial charge < -0.3 is 24.2 Å². The fourth-order valence-corrected chi connectivity index (χ4v) is 4.54. The Morgan fingerprint density at radius 1 is 1.18 bits per heavy atom. The van der Waals surface area contributed by atoms with Crippen molar-refractivity contribution >= 4 is 17.2 Å². The van der Waals surface area contributed by atoms with Crippen LogP contribution in [0, 0.1) is 0 Å². The number of nitrogens with zero attached hydrogens (tertiary/aromatic N) is 1. The van der Waals surface area contributed by atoms with Gasteiger partial charge in [-0.2, -0.15) is 0 Å². The third-order valence-electron chi connectivity index (χ3n) is 5.26. The molecule has 2 heterocycles. The van der Waals surface area contributed by atoms with Crippen LogP contribution in [0.2, 0.25) is 0 Å². The summed E-state index contributed by atoms with van der Waals surface area (Å²) in [5, 5.41) is 2.13. The van der Waals surface area contributed by atoms with Crippen LogP contribution in [0.15, 0.2) is 35.7 Å². The number of carbonyl (C=O) groups excluding carboxylic acids is 1. The van der Waals surface area contributed by atoms with Crippen molar-refractivity contribution in [1.29, 1.82) is 0 Å². The van der Waals surface area contributed by atoms with Gasteiger partial charge in [0.2, 0.25) is 0 Å². The molecule has 1 amide bonds. The molecule has 1 unspecified atom stereocenters. The van der Waals surface area contributed by atoms with E-state index in [1.54, 1.807) is 19.1 Å². The first-order chi connectivity index (χ1) is 13.6. The number of amides is 1. The van der Waals surface area contributed by atoms with Gasteiger partial charge in [-0.15, -0.1) is 11.3 Å². The summed E-state index contributed by atoms with van der Waals surface area (Å²) < 4.78 is 10.9. The van der Waals surface area contributed by atoms with Crippen LogP contribution in [0.25, 0.3) is 0 Å². The largest absolute Gasteiger partial charge is 0.493 e. The molecule has 1 fully saturated rings. The number of hydrogen-bond donors (Lipinski definition) is 2. The highest BCUT2D eigenvalue weighted by molar-refractivity contribution is 7.09. The number of rotatable bonds is 8. The summed E-state index contributed by atoms with van der Waals surface area (Å²) >= 11 is 1.81. The molecule has 1 saturated heterocycles. The van der Waals surface area contributed by atoms with Gasteiger partial charge in [0.15, 0.2) is 18.0 Å². The summed E-state index contributed by atoms with van der Waals surface area (Å²) in [5.41, 5.74) is 1.05. The molecule has 1 aromatic heterocycles. The fraction of sp³-hybridized carbons (Fsp3) is 0.476. The lowest BCUT2D eigenvalue weighted by molar-refractivity contribution is -0.917. The van der Waals surface area contributed by atoms with Gasteiger partial charge in [0.25, 0.3) is 5.91 Å². The smallest absolute Gasteiger partial charge is 0.278 e. The van der Waals surface area contributed by atoms with Crippen LogP contribution < -0.4 is 19.3 Å². The molecule has 1 aromatic carbocycles. The van der Waals surface area contributed by atoms with E-state index < -0.39 is 0 Å². The Hall–Kier alpha value is -2.09. The second-order valence-electron chi connectivity index (χ2n) is 7.35. The van der Waals surface area contributed by atoms with Crippen LogP contribution in [0.1, 0.15) is 10.4 Å². The first kappa shape index (κ1) is 20.6. The highest BCUT2D eigenvalue weighted by atomic mass is 32.1. The molecule has 1 aliphatic heterocycles. The number of carbonyl (C=O) groups is 1. The molecule has 1 atom stereocenters. The number of quaternary nitrogens is 2. The van der Waals surface area contributed by atoms with Crippen LogP contribution in [0.5, 0.6) is 11.5 Å². The van der Waals surface area contributed by atoms with Crippen LogP contribution in [0.3, 0.4) is 0 Å². The van der Waals surface area contributed by atoms with Crippen molar-refractivity contribution in [1.82, 2.24) is 4.90 Å². The van der Waals surface area contributed by atoms with E-state index in [4.69, 9.17) is 9.47 Å². The van der Waals surface area contributed by atoms with E-state index in [-0.39, 0.29) is 5.91 Å². The quantitative estimate of drug-likeness (QED) is 0.635. The van der Waals surface area contributed by atoms with E-state index in [0.29, 0.717) is 6.54 Å². The van der Waals surface area contributed by atoms with Gasteiger partial charge in [0, 0.05) is 0 Å². The maximum absolute atomic E-state index is 12.7. The Labute approximate surface area is 171 Å². The Morgan fingerprint density at radius 3 is 2.61 bits per heavy atom. The summed E-state index contributed by atoms with van der Waals surface area (Å²) in [6.45, 7) is 6.00. The first-order valence-corrected chi connectivity index (χ1v) is 10.6. The zero-order chi connectivity index (χ0) is 19.9. The normalized spacial score (nSPS) is 16.0. The molecule has 1 aliphatic rings. The van der Waals surface area contributed by atoms with Crippen molar-refractivity contribution in [2.75, 3.05) is 54.0 Å². The molecule has 0 bridgehead atoms.